The molecular formula is C16H26N4O. The maximum Gasteiger partial charge on any atom is 0.263 e. The fraction of sp³-hybridized carbons (Fsp3) is 0.750. The van der Waals surface area contributed by atoms with Crippen molar-refractivity contribution >= 4 is 5.91 Å². The molecule has 0 aromatic rings. The average molecular weight is 290 g/mol. The van der Waals surface area contributed by atoms with Crippen molar-refractivity contribution < 1.29 is 4.79 Å². The Kier molecular flexibility index (Phi) is 5.63. The quantitative estimate of drug-likeness (QED) is 0.629. The van der Waals surface area contributed by atoms with Crippen molar-refractivity contribution in [1.82, 2.24) is 15.1 Å². The molecule has 1 amide bonds. The number of rotatable bonds is 4. The summed E-state index contributed by atoms with van der Waals surface area (Å²) in [5, 5.41) is 12.2. The van der Waals surface area contributed by atoms with Crippen molar-refractivity contribution in [2.45, 2.75) is 50.6 Å². The first kappa shape index (κ1) is 15.8. The van der Waals surface area contributed by atoms with E-state index >= 15 is 0 Å². The molecule has 2 aliphatic rings. The molecule has 0 aromatic carbocycles. The highest BCUT2D eigenvalue weighted by molar-refractivity contribution is 5.97. The molecule has 116 valence electrons. The number of hydrogen-bond donors (Lipinski definition) is 1. The van der Waals surface area contributed by atoms with E-state index in [9.17, 15) is 10.1 Å². The van der Waals surface area contributed by atoms with Crippen LogP contribution in [-0.2, 0) is 4.79 Å². The predicted molar refractivity (Wildman–Crippen MR) is 82.4 cm³/mol. The van der Waals surface area contributed by atoms with Crippen molar-refractivity contribution in [1.29, 1.82) is 5.26 Å². The average Bonchev–Trinajstić information content (AvgIpc) is 2.98. The minimum Gasteiger partial charge on any atom is -0.376 e. The molecule has 1 heterocycles. The number of piperidine rings is 1. The lowest BCUT2D eigenvalue weighted by molar-refractivity contribution is -0.117. The minimum atomic E-state index is -0.218. The van der Waals surface area contributed by atoms with Gasteiger partial charge in [0.25, 0.3) is 5.91 Å². The first-order chi connectivity index (χ1) is 10.1. The highest BCUT2D eigenvalue weighted by atomic mass is 16.1. The first-order valence-electron chi connectivity index (χ1n) is 7.93. The van der Waals surface area contributed by atoms with Crippen LogP contribution < -0.4 is 5.32 Å². The van der Waals surface area contributed by atoms with Gasteiger partial charge in [-0.2, -0.15) is 5.26 Å². The van der Waals surface area contributed by atoms with Gasteiger partial charge in [0.15, 0.2) is 0 Å². The Bertz CT molecular complexity index is 426. The van der Waals surface area contributed by atoms with Gasteiger partial charge in [-0.3, -0.25) is 4.79 Å². The number of amides is 1. The Morgan fingerprint density at radius 3 is 2.48 bits per heavy atom. The van der Waals surface area contributed by atoms with Gasteiger partial charge in [-0.05, 0) is 45.8 Å². The van der Waals surface area contributed by atoms with Gasteiger partial charge in [0.1, 0.15) is 11.6 Å². The SMILES string of the molecule is CN1CCC(N(C)/C=C(/C#N)C(=O)NC2CCCC2)CC1. The fourth-order valence-corrected chi connectivity index (χ4v) is 3.18. The number of likely N-dealkylation sites (tertiary alicyclic amines) is 1. The van der Waals surface area contributed by atoms with E-state index < -0.39 is 0 Å². The largest absolute Gasteiger partial charge is 0.376 e. The second-order valence-corrected chi connectivity index (χ2v) is 6.31. The first-order valence-corrected chi connectivity index (χ1v) is 7.93. The van der Waals surface area contributed by atoms with E-state index in [1.165, 1.54) is 12.8 Å². The molecule has 0 aromatic heterocycles. The summed E-state index contributed by atoms with van der Waals surface area (Å²) in [6, 6.07) is 2.72. The Hall–Kier alpha value is -1.54. The zero-order valence-corrected chi connectivity index (χ0v) is 13.1. The van der Waals surface area contributed by atoms with E-state index in [1.807, 2.05) is 11.9 Å². The Balaban J connectivity index is 1.92. The normalized spacial score (nSPS) is 22.0. The van der Waals surface area contributed by atoms with E-state index in [0.717, 1.165) is 38.8 Å². The number of nitrogens with zero attached hydrogens (tertiary/aromatic N) is 3. The van der Waals surface area contributed by atoms with E-state index in [4.69, 9.17) is 0 Å². The summed E-state index contributed by atoms with van der Waals surface area (Å²) >= 11 is 0. The standard InChI is InChI=1S/C16H26N4O/c1-19-9-7-15(8-10-19)20(2)12-13(11-17)16(21)18-14-5-3-4-6-14/h12,14-15H,3-10H2,1-2H3,(H,18,21)/b13-12-. The van der Waals surface area contributed by atoms with Crippen LogP contribution in [-0.4, -0.2) is 55.0 Å². The Morgan fingerprint density at radius 2 is 1.90 bits per heavy atom. The van der Waals surface area contributed by atoms with Crippen molar-refractivity contribution in [2.24, 2.45) is 0 Å². The molecule has 1 saturated heterocycles. The molecular weight excluding hydrogens is 264 g/mol. The lowest BCUT2D eigenvalue weighted by Gasteiger charge is -2.34. The van der Waals surface area contributed by atoms with Crippen molar-refractivity contribution in [3.05, 3.63) is 11.8 Å². The molecule has 5 heteroatoms. The van der Waals surface area contributed by atoms with Crippen LogP contribution in [0.15, 0.2) is 11.8 Å². The molecule has 2 fully saturated rings. The predicted octanol–water partition coefficient (Wildman–Crippen LogP) is 1.48. The van der Waals surface area contributed by atoms with Crippen molar-refractivity contribution in [3.63, 3.8) is 0 Å². The van der Waals surface area contributed by atoms with Crippen LogP contribution in [0.3, 0.4) is 0 Å². The van der Waals surface area contributed by atoms with Crippen molar-refractivity contribution in [3.8, 4) is 6.07 Å². The highest BCUT2D eigenvalue weighted by Crippen LogP contribution is 2.18. The molecule has 1 aliphatic carbocycles. The second-order valence-electron chi connectivity index (χ2n) is 6.31. The molecule has 1 aliphatic heterocycles. The number of carbonyl (C=O) groups excluding carboxylic acids is 1. The Morgan fingerprint density at radius 1 is 1.29 bits per heavy atom. The van der Waals surface area contributed by atoms with Gasteiger partial charge >= 0.3 is 0 Å². The molecule has 1 N–H and O–H groups in total. The number of nitriles is 1. The Labute approximate surface area is 127 Å². The monoisotopic (exact) mass is 290 g/mol. The maximum absolute atomic E-state index is 12.2. The molecule has 21 heavy (non-hydrogen) atoms. The summed E-state index contributed by atoms with van der Waals surface area (Å²) < 4.78 is 0. The third-order valence-corrected chi connectivity index (χ3v) is 4.65. The van der Waals surface area contributed by atoms with Crippen LogP contribution in [0.5, 0.6) is 0 Å². The summed E-state index contributed by atoms with van der Waals surface area (Å²) in [7, 11) is 4.10. The zero-order chi connectivity index (χ0) is 15.2. The second kappa shape index (κ2) is 7.46. The van der Waals surface area contributed by atoms with Crippen LogP contribution in [0.1, 0.15) is 38.5 Å². The van der Waals surface area contributed by atoms with Crippen LogP contribution in [0, 0.1) is 11.3 Å². The molecule has 0 radical (unpaired) electrons. The van der Waals surface area contributed by atoms with E-state index in [0.29, 0.717) is 6.04 Å². The molecule has 0 atom stereocenters. The summed E-state index contributed by atoms with van der Waals surface area (Å²) in [5.74, 6) is -0.218. The van der Waals surface area contributed by atoms with Crippen LogP contribution >= 0.6 is 0 Å². The number of nitrogens with one attached hydrogen (secondary N) is 1. The highest BCUT2D eigenvalue weighted by Gasteiger charge is 2.22. The summed E-state index contributed by atoms with van der Waals surface area (Å²) in [6.45, 7) is 2.14. The van der Waals surface area contributed by atoms with Crippen LogP contribution in [0.2, 0.25) is 0 Å². The third-order valence-electron chi connectivity index (χ3n) is 4.65. The third kappa shape index (κ3) is 4.47. The minimum absolute atomic E-state index is 0.218. The van der Waals surface area contributed by atoms with E-state index in [-0.39, 0.29) is 17.5 Å². The van der Waals surface area contributed by atoms with E-state index in [1.54, 1.807) is 6.20 Å². The fourth-order valence-electron chi connectivity index (χ4n) is 3.18. The van der Waals surface area contributed by atoms with Crippen molar-refractivity contribution in [2.75, 3.05) is 27.2 Å². The van der Waals surface area contributed by atoms with Gasteiger partial charge in [0.2, 0.25) is 0 Å². The van der Waals surface area contributed by atoms with Gasteiger partial charge in [-0.1, -0.05) is 12.8 Å². The molecule has 0 spiro atoms. The van der Waals surface area contributed by atoms with Gasteiger partial charge in [0, 0.05) is 25.3 Å². The summed E-state index contributed by atoms with van der Waals surface area (Å²) in [6.07, 6.45) is 8.29. The molecule has 0 unspecified atom stereocenters. The van der Waals surface area contributed by atoms with Gasteiger partial charge in [0.05, 0.1) is 0 Å². The smallest absolute Gasteiger partial charge is 0.263 e. The maximum atomic E-state index is 12.2. The molecule has 1 saturated carbocycles. The van der Waals surface area contributed by atoms with Gasteiger partial charge < -0.3 is 15.1 Å². The lowest BCUT2D eigenvalue weighted by Crippen LogP contribution is -2.40. The zero-order valence-electron chi connectivity index (χ0n) is 13.1. The van der Waals surface area contributed by atoms with Crippen LogP contribution in [0.25, 0.3) is 0 Å². The molecule has 5 nitrogen and oxygen atoms in total. The number of carbonyl (C=O) groups is 1. The van der Waals surface area contributed by atoms with Gasteiger partial charge in [-0.25, -0.2) is 0 Å². The van der Waals surface area contributed by atoms with Crippen LogP contribution in [0.4, 0.5) is 0 Å². The molecule has 2 rings (SSSR count). The van der Waals surface area contributed by atoms with E-state index in [2.05, 4.69) is 23.3 Å². The molecule has 0 bridgehead atoms. The van der Waals surface area contributed by atoms with Gasteiger partial charge in [-0.15, -0.1) is 0 Å². The topological polar surface area (TPSA) is 59.4 Å². The summed E-state index contributed by atoms with van der Waals surface area (Å²) in [5.41, 5.74) is 0.225. The summed E-state index contributed by atoms with van der Waals surface area (Å²) in [4.78, 5) is 16.5. The lowest BCUT2D eigenvalue weighted by atomic mass is 10.0. The number of hydrogen-bond acceptors (Lipinski definition) is 4.